The van der Waals surface area contributed by atoms with Crippen molar-refractivity contribution in [2.24, 2.45) is 0 Å². The number of hydrogen-bond acceptors (Lipinski definition) is 3. The number of ketones is 1. The van der Waals surface area contributed by atoms with E-state index in [0.29, 0.717) is 12.2 Å². The van der Waals surface area contributed by atoms with Crippen LogP contribution in [0.1, 0.15) is 36.5 Å². The third-order valence-electron chi connectivity index (χ3n) is 3.46. The van der Waals surface area contributed by atoms with E-state index < -0.39 is 0 Å². The van der Waals surface area contributed by atoms with Gasteiger partial charge in [0.25, 0.3) is 0 Å². The molecule has 17 heavy (non-hydrogen) atoms. The van der Waals surface area contributed by atoms with Crippen molar-refractivity contribution in [3.05, 3.63) is 29.8 Å². The van der Waals surface area contributed by atoms with Crippen LogP contribution in [0.4, 0.5) is 0 Å². The van der Waals surface area contributed by atoms with Crippen LogP contribution in [0.3, 0.4) is 0 Å². The third kappa shape index (κ3) is 2.67. The first kappa shape index (κ1) is 12.1. The second-order valence-corrected chi connectivity index (χ2v) is 4.61. The summed E-state index contributed by atoms with van der Waals surface area (Å²) in [5.41, 5.74) is 0.627. The fourth-order valence-electron chi connectivity index (χ4n) is 1.98. The molecule has 1 aromatic carbocycles. The van der Waals surface area contributed by atoms with Crippen molar-refractivity contribution in [3.63, 3.8) is 0 Å². The minimum absolute atomic E-state index is 0.0731. The van der Waals surface area contributed by atoms with Gasteiger partial charge in [-0.3, -0.25) is 4.79 Å². The van der Waals surface area contributed by atoms with Crippen LogP contribution in [0.15, 0.2) is 24.3 Å². The topological polar surface area (TPSA) is 35.5 Å². The summed E-state index contributed by atoms with van der Waals surface area (Å²) in [5, 5.41) is 0. The molecular weight excluding hydrogens is 216 g/mol. The van der Waals surface area contributed by atoms with Crippen LogP contribution in [0.2, 0.25) is 0 Å². The number of carbonyl (C=O) groups is 1. The van der Waals surface area contributed by atoms with Gasteiger partial charge in [0.2, 0.25) is 0 Å². The Bertz CT molecular complexity index is 385. The first-order chi connectivity index (χ1) is 8.15. The van der Waals surface area contributed by atoms with Gasteiger partial charge in [0.05, 0.1) is 0 Å². The van der Waals surface area contributed by atoms with Gasteiger partial charge in [-0.05, 0) is 50.5 Å². The van der Waals surface area contributed by atoms with E-state index in [0.717, 1.165) is 18.6 Å². The van der Waals surface area contributed by atoms with Crippen LogP contribution < -0.4 is 4.74 Å². The number of rotatable bonds is 5. The Hall–Kier alpha value is -1.35. The minimum atomic E-state index is -0.0841. The zero-order valence-electron chi connectivity index (χ0n) is 10.4. The molecule has 0 heterocycles. The highest BCUT2D eigenvalue weighted by molar-refractivity contribution is 5.94. The summed E-state index contributed by atoms with van der Waals surface area (Å²) >= 11 is 0. The van der Waals surface area contributed by atoms with Crippen molar-refractivity contribution >= 4 is 5.78 Å². The van der Waals surface area contributed by atoms with Gasteiger partial charge >= 0.3 is 0 Å². The van der Waals surface area contributed by atoms with Gasteiger partial charge in [0.1, 0.15) is 18.0 Å². The van der Waals surface area contributed by atoms with Crippen LogP contribution in [0.25, 0.3) is 0 Å². The Labute approximate surface area is 102 Å². The molecule has 0 amide bonds. The predicted octanol–water partition coefficient (Wildman–Crippen LogP) is 2.84. The van der Waals surface area contributed by atoms with Crippen LogP contribution in [-0.4, -0.2) is 25.1 Å². The molecule has 0 N–H and O–H groups in total. The first-order valence-electron chi connectivity index (χ1n) is 5.94. The van der Waals surface area contributed by atoms with Gasteiger partial charge < -0.3 is 9.47 Å². The zero-order chi connectivity index (χ0) is 12.3. The zero-order valence-corrected chi connectivity index (χ0v) is 10.4. The Kier molecular flexibility index (Phi) is 3.48. The predicted molar refractivity (Wildman–Crippen MR) is 65.5 cm³/mol. The Balaban J connectivity index is 1.93. The molecule has 1 aliphatic carbocycles. The molecule has 0 radical (unpaired) electrons. The van der Waals surface area contributed by atoms with Crippen LogP contribution in [0, 0.1) is 0 Å². The van der Waals surface area contributed by atoms with Crippen molar-refractivity contribution in [1.82, 2.24) is 0 Å². The van der Waals surface area contributed by atoms with Crippen molar-refractivity contribution in [2.75, 3.05) is 13.7 Å². The Morgan fingerprint density at radius 3 is 2.35 bits per heavy atom. The highest BCUT2D eigenvalue weighted by Crippen LogP contribution is 2.35. The highest BCUT2D eigenvalue weighted by Gasteiger charge is 2.37. The van der Waals surface area contributed by atoms with Gasteiger partial charge in [0.15, 0.2) is 5.78 Å². The first-order valence-corrected chi connectivity index (χ1v) is 5.94. The summed E-state index contributed by atoms with van der Waals surface area (Å²) < 4.78 is 11.2. The van der Waals surface area contributed by atoms with E-state index in [4.69, 9.17) is 9.47 Å². The lowest BCUT2D eigenvalue weighted by Crippen LogP contribution is -2.44. The molecule has 0 saturated heterocycles. The van der Waals surface area contributed by atoms with Crippen molar-refractivity contribution in [3.8, 4) is 5.75 Å². The van der Waals surface area contributed by atoms with Gasteiger partial charge in [-0.25, -0.2) is 0 Å². The number of hydrogen-bond donors (Lipinski definition) is 0. The molecular formula is C14H18O3. The summed E-state index contributed by atoms with van der Waals surface area (Å²) in [6, 6.07) is 7.24. The van der Waals surface area contributed by atoms with E-state index in [9.17, 15) is 4.79 Å². The molecule has 92 valence electrons. The lowest BCUT2D eigenvalue weighted by atomic mass is 9.81. The van der Waals surface area contributed by atoms with Gasteiger partial charge in [-0.15, -0.1) is 0 Å². The molecule has 3 nitrogen and oxygen atoms in total. The summed E-state index contributed by atoms with van der Waals surface area (Å²) in [7, 11) is 1.74. The van der Waals surface area contributed by atoms with E-state index >= 15 is 0 Å². The maximum atomic E-state index is 11.1. The second-order valence-electron chi connectivity index (χ2n) is 4.61. The molecule has 0 unspecified atom stereocenters. The number of Topliss-reactive ketones (excluding diaryl/α,β-unsaturated/α-hetero) is 1. The van der Waals surface area contributed by atoms with Crippen molar-refractivity contribution < 1.29 is 14.3 Å². The monoisotopic (exact) mass is 234 g/mol. The van der Waals surface area contributed by atoms with E-state index in [2.05, 4.69) is 0 Å². The average molecular weight is 234 g/mol. The van der Waals surface area contributed by atoms with E-state index in [1.54, 1.807) is 26.2 Å². The molecule has 1 aromatic rings. The number of benzene rings is 1. The molecule has 0 aromatic heterocycles. The molecule has 0 aliphatic heterocycles. The molecule has 3 heteroatoms. The molecule has 0 spiro atoms. The minimum Gasteiger partial charge on any atom is -0.491 e. The molecule has 1 saturated carbocycles. The summed E-state index contributed by atoms with van der Waals surface area (Å²) in [4.78, 5) is 11.1. The normalized spacial score (nSPS) is 17.3. The fourth-order valence-corrected chi connectivity index (χ4v) is 1.98. The Morgan fingerprint density at radius 2 is 1.94 bits per heavy atom. The summed E-state index contributed by atoms with van der Waals surface area (Å²) in [6.45, 7) is 2.15. The van der Waals surface area contributed by atoms with Crippen molar-refractivity contribution in [2.45, 2.75) is 31.8 Å². The van der Waals surface area contributed by atoms with E-state index in [1.807, 2.05) is 12.1 Å². The maximum absolute atomic E-state index is 11.1. The van der Waals surface area contributed by atoms with Gasteiger partial charge in [-0.1, -0.05) is 0 Å². The average Bonchev–Trinajstić information content (AvgIpc) is 2.29. The molecule has 1 fully saturated rings. The molecule has 1 aliphatic rings. The molecule has 0 bridgehead atoms. The van der Waals surface area contributed by atoms with Crippen LogP contribution in [-0.2, 0) is 4.74 Å². The van der Waals surface area contributed by atoms with Crippen molar-refractivity contribution in [1.29, 1.82) is 0 Å². The van der Waals surface area contributed by atoms with Crippen LogP contribution >= 0.6 is 0 Å². The van der Waals surface area contributed by atoms with E-state index in [1.165, 1.54) is 6.42 Å². The Morgan fingerprint density at radius 1 is 1.29 bits per heavy atom. The molecule has 2 rings (SSSR count). The summed E-state index contributed by atoms with van der Waals surface area (Å²) in [5.74, 6) is 0.863. The smallest absolute Gasteiger partial charge is 0.159 e. The second kappa shape index (κ2) is 4.88. The number of carbonyl (C=O) groups excluding carboxylic acids is 1. The largest absolute Gasteiger partial charge is 0.491 e. The van der Waals surface area contributed by atoms with Gasteiger partial charge in [0, 0.05) is 12.7 Å². The standard InChI is InChI=1S/C14H18O3/c1-11(15)12-4-6-13(7-5-12)17-10-14(16-2)8-3-9-14/h4-7H,3,8-10H2,1-2H3. The van der Waals surface area contributed by atoms with Crippen LogP contribution in [0.5, 0.6) is 5.75 Å². The van der Waals surface area contributed by atoms with Gasteiger partial charge in [-0.2, -0.15) is 0 Å². The lowest BCUT2D eigenvalue weighted by molar-refractivity contribution is -0.0982. The molecule has 0 atom stereocenters. The lowest BCUT2D eigenvalue weighted by Gasteiger charge is -2.39. The number of ether oxygens (including phenoxy) is 2. The number of methoxy groups -OCH3 is 1. The van der Waals surface area contributed by atoms with E-state index in [-0.39, 0.29) is 11.4 Å². The quantitative estimate of drug-likeness (QED) is 0.735. The maximum Gasteiger partial charge on any atom is 0.159 e. The highest BCUT2D eigenvalue weighted by atomic mass is 16.5. The SMILES string of the molecule is COC1(COc2ccc(C(C)=O)cc2)CCC1. The fraction of sp³-hybridized carbons (Fsp3) is 0.500. The third-order valence-corrected chi connectivity index (χ3v) is 3.46. The summed E-state index contributed by atoms with van der Waals surface area (Å²) in [6.07, 6.45) is 3.34.